The van der Waals surface area contributed by atoms with Gasteiger partial charge in [0, 0.05) is 16.1 Å². The van der Waals surface area contributed by atoms with Gasteiger partial charge in [0.1, 0.15) is 17.8 Å². The van der Waals surface area contributed by atoms with Crippen molar-refractivity contribution in [3.63, 3.8) is 0 Å². The lowest BCUT2D eigenvalue weighted by molar-refractivity contribution is 0.0991. The number of nitrogens with zero attached hydrogens (tertiary/aromatic N) is 2. The third-order valence-corrected chi connectivity index (χ3v) is 3.92. The summed E-state index contributed by atoms with van der Waals surface area (Å²) in [6.45, 7) is 0. The standard InChI is InChI=1S/C16H11BrClN3O2/c17-10-1-3-11(4-2-10)23-12-5-6-13(14(18)7-12)15(22)8-16-19-9-20-21-16/h1-7,9H,8H2,(H,19,20,21). The molecule has 3 aromatic rings. The second-order valence-corrected chi connectivity index (χ2v) is 6.04. The Morgan fingerprint density at radius 1 is 1.17 bits per heavy atom. The summed E-state index contributed by atoms with van der Waals surface area (Å²) in [6.07, 6.45) is 1.52. The van der Waals surface area contributed by atoms with Crippen molar-refractivity contribution >= 4 is 33.3 Å². The van der Waals surface area contributed by atoms with E-state index in [2.05, 4.69) is 31.1 Å². The molecule has 0 saturated heterocycles. The summed E-state index contributed by atoms with van der Waals surface area (Å²) < 4.78 is 6.68. The van der Waals surface area contributed by atoms with Gasteiger partial charge in [-0.2, -0.15) is 5.10 Å². The van der Waals surface area contributed by atoms with Crippen molar-refractivity contribution in [3.8, 4) is 11.5 Å². The highest BCUT2D eigenvalue weighted by molar-refractivity contribution is 9.10. The van der Waals surface area contributed by atoms with E-state index in [0.29, 0.717) is 27.9 Å². The molecule has 0 amide bonds. The minimum Gasteiger partial charge on any atom is -0.457 e. The number of rotatable bonds is 5. The third kappa shape index (κ3) is 3.97. The van der Waals surface area contributed by atoms with Gasteiger partial charge >= 0.3 is 0 Å². The summed E-state index contributed by atoms with van der Waals surface area (Å²) in [5.41, 5.74) is 0.416. The highest BCUT2D eigenvalue weighted by Gasteiger charge is 2.14. The van der Waals surface area contributed by atoms with Crippen molar-refractivity contribution in [2.75, 3.05) is 0 Å². The van der Waals surface area contributed by atoms with Gasteiger partial charge in [-0.15, -0.1) is 0 Å². The van der Waals surface area contributed by atoms with Crippen LogP contribution in [-0.2, 0) is 6.42 Å². The van der Waals surface area contributed by atoms with Crippen LogP contribution < -0.4 is 4.74 Å². The van der Waals surface area contributed by atoms with E-state index in [1.54, 1.807) is 18.2 Å². The molecule has 1 N–H and O–H groups in total. The van der Waals surface area contributed by atoms with Crippen LogP contribution in [0.1, 0.15) is 16.2 Å². The summed E-state index contributed by atoms with van der Waals surface area (Å²) in [5.74, 6) is 1.53. The molecule has 0 aliphatic carbocycles. The number of nitrogens with one attached hydrogen (secondary N) is 1. The molecule has 0 saturated carbocycles. The molecule has 0 unspecified atom stereocenters. The fourth-order valence-corrected chi connectivity index (χ4v) is 2.52. The quantitative estimate of drug-likeness (QED) is 0.652. The number of Topliss-reactive ketones (excluding diaryl/α,β-unsaturated/α-hetero) is 1. The van der Waals surface area contributed by atoms with Crippen LogP contribution >= 0.6 is 27.5 Å². The van der Waals surface area contributed by atoms with E-state index in [0.717, 1.165) is 4.47 Å². The van der Waals surface area contributed by atoms with Crippen LogP contribution in [-0.4, -0.2) is 21.0 Å². The van der Waals surface area contributed by atoms with E-state index < -0.39 is 0 Å². The molecular formula is C16H11BrClN3O2. The Bertz CT molecular complexity index is 820. The zero-order chi connectivity index (χ0) is 16.2. The molecule has 7 heteroatoms. The van der Waals surface area contributed by atoms with Gasteiger partial charge in [-0.25, -0.2) is 4.98 Å². The Balaban J connectivity index is 1.75. The van der Waals surface area contributed by atoms with Gasteiger partial charge in [-0.05, 0) is 36.4 Å². The first-order valence-corrected chi connectivity index (χ1v) is 7.90. The van der Waals surface area contributed by atoms with Crippen LogP contribution in [0.15, 0.2) is 53.3 Å². The SMILES string of the molecule is O=C(Cc1nc[nH]n1)c1ccc(Oc2ccc(Br)cc2)cc1Cl. The number of halogens is 2. The zero-order valence-corrected chi connectivity index (χ0v) is 14.1. The number of aromatic amines is 1. The molecular weight excluding hydrogens is 382 g/mol. The van der Waals surface area contributed by atoms with Crippen molar-refractivity contribution in [2.45, 2.75) is 6.42 Å². The van der Waals surface area contributed by atoms with Gasteiger partial charge in [0.2, 0.25) is 0 Å². The molecule has 1 heterocycles. The Morgan fingerprint density at radius 3 is 2.57 bits per heavy atom. The van der Waals surface area contributed by atoms with Crippen molar-refractivity contribution in [1.29, 1.82) is 0 Å². The first-order chi connectivity index (χ1) is 11.1. The number of hydrogen-bond donors (Lipinski definition) is 1. The summed E-state index contributed by atoms with van der Waals surface area (Å²) in [4.78, 5) is 16.1. The highest BCUT2D eigenvalue weighted by Crippen LogP contribution is 2.28. The number of aromatic nitrogens is 3. The van der Waals surface area contributed by atoms with E-state index in [9.17, 15) is 4.79 Å². The van der Waals surface area contributed by atoms with E-state index in [4.69, 9.17) is 16.3 Å². The Labute approximate surface area is 145 Å². The first kappa shape index (κ1) is 15.7. The Hall–Kier alpha value is -2.18. The molecule has 0 bridgehead atoms. The minimum atomic E-state index is -0.148. The van der Waals surface area contributed by atoms with Crippen LogP contribution in [0.5, 0.6) is 11.5 Å². The number of benzene rings is 2. The van der Waals surface area contributed by atoms with Crippen LogP contribution in [0.3, 0.4) is 0 Å². The van der Waals surface area contributed by atoms with Gasteiger partial charge in [-0.3, -0.25) is 9.89 Å². The fraction of sp³-hybridized carbons (Fsp3) is 0.0625. The second-order valence-electron chi connectivity index (χ2n) is 4.71. The zero-order valence-electron chi connectivity index (χ0n) is 11.8. The summed E-state index contributed by atoms with van der Waals surface area (Å²) in [6, 6.07) is 12.4. The van der Waals surface area contributed by atoms with Crippen molar-refractivity contribution in [2.24, 2.45) is 0 Å². The molecule has 0 atom stereocenters. The largest absolute Gasteiger partial charge is 0.457 e. The first-order valence-electron chi connectivity index (χ1n) is 6.72. The number of H-pyrrole nitrogens is 1. The van der Waals surface area contributed by atoms with Crippen LogP contribution in [0, 0.1) is 0 Å². The van der Waals surface area contributed by atoms with Gasteiger partial charge in [0.25, 0.3) is 0 Å². The smallest absolute Gasteiger partial charge is 0.172 e. The molecule has 1 aromatic heterocycles. The lowest BCUT2D eigenvalue weighted by Crippen LogP contribution is -2.06. The number of hydrogen-bond acceptors (Lipinski definition) is 4. The normalized spacial score (nSPS) is 10.5. The van der Waals surface area contributed by atoms with E-state index in [-0.39, 0.29) is 12.2 Å². The Kier molecular flexibility index (Phi) is 4.73. The molecule has 0 radical (unpaired) electrons. The average Bonchev–Trinajstić information content (AvgIpc) is 3.02. The molecule has 0 aliphatic heterocycles. The summed E-state index contributed by atoms with van der Waals surface area (Å²) >= 11 is 9.56. The van der Waals surface area contributed by atoms with Crippen molar-refractivity contribution < 1.29 is 9.53 Å². The van der Waals surface area contributed by atoms with Gasteiger partial charge < -0.3 is 4.74 Å². The van der Waals surface area contributed by atoms with Crippen molar-refractivity contribution in [1.82, 2.24) is 15.2 Å². The van der Waals surface area contributed by atoms with E-state index in [1.165, 1.54) is 6.33 Å². The van der Waals surface area contributed by atoms with Crippen LogP contribution in [0.2, 0.25) is 5.02 Å². The predicted molar refractivity (Wildman–Crippen MR) is 90.1 cm³/mol. The Morgan fingerprint density at radius 2 is 1.91 bits per heavy atom. The predicted octanol–water partition coefficient (Wildman–Crippen LogP) is 4.44. The molecule has 5 nitrogen and oxygen atoms in total. The van der Waals surface area contributed by atoms with Crippen molar-refractivity contribution in [3.05, 3.63) is 69.7 Å². The molecule has 116 valence electrons. The molecule has 0 fully saturated rings. The van der Waals surface area contributed by atoms with E-state index in [1.807, 2.05) is 24.3 Å². The lowest BCUT2D eigenvalue weighted by atomic mass is 10.1. The van der Waals surface area contributed by atoms with Gasteiger partial charge in [0.05, 0.1) is 11.4 Å². The minimum absolute atomic E-state index is 0.0934. The molecule has 3 rings (SSSR count). The molecule has 0 aliphatic rings. The number of carbonyl (C=O) groups is 1. The second kappa shape index (κ2) is 6.93. The average molecular weight is 393 g/mol. The van der Waals surface area contributed by atoms with Crippen LogP contribution in [0.25, 0.3) is 0 Å². The van der Waals surface area contributed by atoms with Crippen LogP contribution in [0.4, 0.5) is 0 Å². The maximum atomic E-state index is 12.2. The highest BCUT2D eigenvalue weighted by atomic mass is 79.9. The number of ether oxygens (including phenoxy) is 1. The molecule has 2 aromatic carbocycles. The maximum absolute atomic E-state index is 12.2. The van der Waals surface area contributed by atoms with E-state index >= 15 is 0 Å². The lowest BCUT2D eigenvalue weighted by Gasteiger charge is -2.08. The number of ketones is 1. The van der Waals surface area contributed by atoms with Gasteiger partial charge in [0.15, 0.2) is 11.6 Å². The maximum Gasteiger partial charge on any atom is 0.172 e. The monoisotopic (exact) mass is 391 g/mol. The molecule has 23 heavy (non-hydrogen) atoms. The summed E-state index contributed by atoms with van der Waals surface area (Å²) in [7, 11) is 0. The third-order valence-electron chi connectivity index (χ3n) is 3.07. The fourth-order valence-electron chi connectivity index (χ4n) is 1.98. The molecule has 0 spiro atoms. The number of carbonyl (C=O) groups excluding carboxylic acids is 1. The topological polar surface area (TPSA) is 67.9 Å². The van der Waals surface area contributed by atoms with Gasteiger partial charge in [-0.1, -0.05) is 27.5 Å². The summed E-state index contributed by atoms with van der Waals surface area (Å²) in [5, 5.41) is 6.77.